The summed E-state index contributed by atoms with van der Waals surface area (Å²) in [5, 5.41) is 0. The van der Waals surface area contributed by atoms with Gasteiger partial charge in [0.1, 0.15) is 5.69 Å². The molecule has 1 saturated heterocycles. The number of nitrogens with two attached hydrogens (primary N) is 1. The molecule has 1 aromatic heterocycles. The number of nitrogens with zero attached hydrogens (tertiary/aromatic N) is 2. The summed E-state index contributed by atoms with van der Waals surface area (Å²) in [4.78, 5) is 18.1. The Kier molecular flexibility index (Phi) is 3.58. The quantitative estimate of drug-likeness (QED) is 0.609. The number of hydrogen-bond acceptors (Lipinski definition) is 4. The largest absolute Gasteiger partial charge is 0.337 e. The molecule has 2 rings (SSSR count). The zero-order valence-corrected chi connectivity index (χ0v) is 10.0. The van der Waals surface area contributed by atoms with E-state index in [0.29, 0.717) is 17.3 Å². The average molecular weight is 234 g/mol. The number of aromatic nitrogens is 1. The molecule has 5 heteroatoms. The van der Waals surface area contributed by atoms with Crippen LogP contribution in [0.2, 0.25) is 0 Å². The Bertz CT molecular complexity index is 390. The van der Waals surface area contributed by atoms with Crippen molar-refractivity contribution in [1.29, 1.82) is 0 Å². The van der Waals surface area contributed by atoms with Gasteiger partial charge in [0.2, 0.25) is 0 Å². The molecule has 1 aliphatic rings. The fourth-order valence-corrected chi connectivity index (χ4v) is 2.12. The van der Waals surface area contributed by atoms with E-state index in [2.05, 4.69) is 17.3 Å². The molecule has 1 fully saturated rings. The van der Waals surface area contributed by atoms with Gasteiger partial charge in [-0.25, -0.2) is 4.98 Å². The number of hydrazine groups is 1. The van der Waals surface area contributed by atoms with Crippen LogP contribution in [-0.4, -0.2) is 28.9 Å². The Balaban J connectivity index is 2.04. The molecule has 0 spiro atoms. The molecule has 0 saturated carbocycles. The smallest absolute Gasteiger partial charge is 0.272 e. The van der Waals surface area contributed by atoms with Crippen molar-refractivity contribution in [2.45, 2.75) is 19.8 Å². The predicted molar refractivity (Wildman–Crippen MR) is 66.3 cm³/mol. The van der Waals surface area contributed by atoms with Crippen molar-refractivity contribution >= 4 is 11.6 Å². The van der Waals surface area contributed by atoms with Crippen molar-refractivity contribution < 1.29 is 4.79 Å². The van der Waals surface area contributed by atoms with Crippen LogP contribution in [0.5, 0.6) is 0 Å². The average Bonchev–Trinajstić information content (AvgIpc) is 2.87. The highest BCUT2D eigenvalue weighted by Gasteiger charge is 2.26. The molecule has 0 radical (unpaired) electrons. The number of anilines is 1. The first-order valence-corrected chi connectivity index (χ1v) is 5.96. The maximum Gasteiger partial charge on any atom is 0.272 e. The summed E-state index contributed by atoms with van der Waals surface area (Å²) < 4.78 is 0. The summed E-state index contributed by atoms with van der Waals surface area (Å²) in [7, 11) is 0. The Morgan fingerprint density at radius 1 is 1.65 bits per heavy atom. The van der Waals surface area contributed by atoms with Crippen molar-refractivity contribution in [2.75, 3.05) is 18.5 Å². The van der Waals surface area contributed by atoms with E-state index in [4.69, 9.17) is 5.84 Å². The Morgan fingerprint density at radius 2 is 2.47 bits per heavy atom. The van der Waals surface area contributed by atoms with Crippen molar-refractivity contribution in [1.82, 2.24) is 9.88 Å². The van der Waals surface area contributed by atoms with Crippen molar-refractivity contribution in [3.8, 4) is 0 Å². The summed E-state index contributed by atoms with van der Waals surface area (Å²) in [6.07, 6.45) is 3.80. The SMILES string of the molecule is CCC1CCN(C(=O)c2ccc(NN)cn2)C1. The maximum absolute atomic E-state index is 12.1. The minimum absolute atomic E-state index is 0.0181. The van der Waals surface area contributed by atoms with E-state index in [1.54, 1.807) is 18.3 Å². The number of nitrogen functional groups attached to an aromatic ring is 1. The number of pyridine rings is 1. The number of carbonyl (C=O) groups is 1. The van der Waals surface area contributed by atoms with Gasteiger partial charge in [-0.05, 0) is 24.5 Å². The van der Waals surface area contributed by atoms with E-state index in [0.717, 1.165) is 25.9 Å². The molecule has 3 N–H and O–H groups in total. The molecular weight excluding hydrogens is 216 g/mol. The van der Waals surface area contributed by atoms with Crippen LogP contribution in [0.3, 0.4) is 0 Å². The minimum atomic E-state index is 0.0181. The van der Waals surface area contributed by atoms with Gasteiger partial charge >= 0.3 is 0 Å². The van der Waals surface area contributed by atoms with Crippen LogP contribution >= 0.6 is 0 Å². The van der Waals surface area contributed by atoms with Crippen LogP contribution < -0.4 is 11.3 Å². The first-order chi connectivity index (χ1) is 8.24. The van der Waals surface area contributed by atoms with Crippen LogP contribution in [-0.2, 0) is 0 Å². The highest BCUT2D eigenvalue weighted by molar-refractivity contribution is 5.92. The molecule has 1 unspecified atom stereocenters. The summed E-state index contributed by atoms with van der Waals surface area (Å²) in [6, 6.07) is 3.46. The summed E-state index contributed by atoms with van der Waals surface area (Å²) in [5.74, 6) is 5.91. The minimum Gasteiger partial charge on any atom is -0.337 e. The number of carbonyl (C=O) groups excluding carboxylic acids is 1. The topological polar surface area (TPSA) is 71.2 Å². The van der Waals surface area contributed by atoms with Gasteiger partial charge in [0, 0.05) is 13.1 Å². The van der Waals surface area contributed by atoms with E-state index in [1.807, 2.05) is 4.90 Å². The highest BCUT2D eigenvalue weighted by Crippen LogP contribution is 2.20. The maximum atomic E-state index is 12.1. The van der Waals surface area contributed by atoms with Gasteiger partial charge in [0.05, 0.1) is 11.9 Å². The van der Waals surface area contributed by atoms with Gasteiger partial charge in [0.25, 0.3) is 5.91 Å². The fourth-order valence-electron chi connectivity index (χ4n) is 2.12. The van der Waals surface area contributed by atoms with Gasteiger partial charge in [-0.2, -0.15) is 0 Å². The molecule has 17 heavy (non-hydrogen) atoms. The lowest BCUT2D eigenvalue weighted by molar-refractivity contribution is 0.0781. The third kappa shape index (κ3) is 2.55. The second-order valence-corrected chi connectivity index (χ2v) is 4.39. The van der Waals surface area contributed by atoms with Gasteiger partial charge in [-0.1, -0.05) is 13.3 Å². The molecular formula is C12H18N4O. The number of likely N-dealkylation sites (tertiary alicyclic amines) is 1. The lowest BCUT2D eigenvalue weighted by Gasteiger charge is -2.15. The zero-order valence-electron chi connectivity index (χ0n) is 10.0. The monoisotopic (exact) mass is 234 g/mol. The number of rotatable bonds is 3. The molecule has 2 heterocycles. The van der Waals surface area contributed by atoms with Crippen LogP contribution in [0, 0.1) is 5.92 Å². The molecule has 0 bridgehead atoms. The summed E-state index contributed by atoms with van der Waals surface area (Å²) in [5.41, 5.74) is 3.68. The highest BCUT2D eigenvalue weighted by atomic mass is 16.2. The molecule has 5 nitrogen and oxygen atoms in total. The van der Waals surface area contributed by atoms with Crippen LogP contribution in [0.15, 0.2) is 18.3 Å². The molecule has 1 amide bonds. The first-order valence-electron chi connectivity index (χ1n) is 5.96. The fraction of sp³-hybridized carbons (Fsp3) is 0.500. The zero-order chi connectivity index (χ0) is 12.3. The van der Waals surface area contributed by atoms with E-state index in [1.165, 1.54) is 0 Å². The summed E-state index contributed by atoms with van der Waals surface area (Å²) in [6.45, 7) is 3.86. The van der Waals surface area contributed by atoms with Gasteiger partial charge in [-0.3, -0.25) is 10.6 Å². The lowest BCUT2D eigenvalue weighted by Crippen LogP contribution is -2.29. The number of amides is 1. The van der Waals surface area contributed by atoms with Crippen molar-refractivity contribution in [3.63, 3.8) is 0 Å². The number of nitrogens with one attached hydrogen (secondary N) is 1. The normalized spacial score (nSPS) is 19.4. The third-order valence-corrected chi connectivity index (χ3v) is 3.30. The molecule has 1 aliphatic heterocycles. The van der Waals surface area contributed by atoms with Crippen LogP contribution in [0.1, 0.15) is 30.3 Å². The molecule has 1 aromatic rings. The number of hydrogen-bond donors (Lipinski definition) is 2. The van der Waals surface area contributed by atoms with E-state index in [-0.39, 0.29) is 5.91 Å². The van der Waals surface area contributed by atoms with Gasteiger partial charge in [0.15, 0.2) is 0 Å². The van der Waals surface area contributed by atoms with E-state index in [9.17, 15) is 4.79 Å². The molecule has 0 aromatic carbocycles. The second kappa shape index (κ2) is 5.14. The Morgan fingerprint density at radius 3 is 3.00 bits per heavy atom. The molecule has 0 aliphatic carbocycles. The van der Waals surface area contributed by atoms with Crippen molar-refractivity contribution in [2.24, 2.45) is 11.8 Å². The third-order valence-electron chi connectivity index (χ3n) is 3.30. The van der Waals surface area contributed by atoms with Crippen LogP contribution in [0.25, 0.3) is 0 Å². The van der Waals surface area contributed by atoms with E-state index >= 15 is 0 Å². The van der Waals surface area contributed by atoms with Gasteiger partial charge < -0.3 is 10.3 Å². The van der Waals surface area contributed by atoms with Gasteiger partial charge in [-0.15, -0.1) is 0 Å². The van der Waals surface area contributed by atoms with Crippen LogP contribution in [0.4, 0.5) is 5.69 Å². The molecule has 1 atom stereocenters. The summed E-state index contributed by atoms with van der Waals surface area (Å²) >= 11 is 0. The first kappa shape index (κ1) is 11.9. The standard InChI is InChI=1S/C12H18N4O/c1-2-9-5-6-16(8-9)12(17)11-4-3-10(15-13)7-14-11/h3-4,7,9,15H,2,5-6,8,13H2,1H3. The van der Waals surface area contributed by atoms with Crippen molar-refractivity contribution in [3.05, 3.63) is 24.0 Å². The second-order valence-electron chi connectivity index (χ2n) is 4.39. The van der Waals surface area contributed by atoms with E-state index < -0.39 is 0 Å². The lowest BCUT2D eigenvalue weighted by atomic mass is 10.1. The molecule has 92 valence electrons. The Hall–Kier alpha value is -1.62. The Labute approximate surface area is 101 Å². The predicted octanol–water partition coefficient (Wildman–Crippen LogP) is 1.24.